The molecule has 0 aliphatic carbocycles. The van der Waals surface area contributed by atoms with Crippen LogP contribution in [-0.2, 0) is 5.75 Å². The van der Waals surface area contributed by atoms with Crippen molar-refractivity contribution in [3.8, 4) is 28.6 Å². The second-order valence-electron chi connectivity index (χ2n) is 5.79. The maximum Gasteiger partial charge on any atom is 0.249 e. The van der Waals surface area contributed by atoms with Crippen LogP contribution in [0.2, 0.25) is 10.0 Å². The van der Waals surface area contributed by atoms with Crippen LogP contribution in [0.1, 0.15) is 5.89 Å². The topological polar surface area (TPSA) is 105 Å². The van der Waals surface area contributed by atoms with Gasteiger partial charge in [0.25, 0.3) is 0 Å². The Morgan fingerprint density at radius 2 is 1.90 bits per heavy atom. The quantitative estimate of drug-likeness (QED) is 0.343. The Morgan fingerprint density at radius 3 is 2.69 bits per heavy atom. The number of benzene rings is 2. The minimum atomic E-state index is 0.311. The molecule has 8 nitrogen and oxygen atoms in total. The first-order chi connectivity index (χ1) is 14.1. The molecule has 2 heterocycles. The first-order valence-electron chi connectivity index (χ1n) is 8.31. The highest BCUT2D eigenvalue weighted by atomic mass is 35.5. The summed E-state index contributed by atoms with van der Waals surface area (Å²) in [6.45, 7) is 0. The van der Waals surface area contributed by atoms with Gasteiger partial charge in [-0.3, -0.25) is 0 Å². The molecule has 0 atom stereocenters. The molecule has 0 saturated heterocycles. The van der Waals surface area contributed by atoms with Crippen LogP contribution in [0.4, 0.5) is 0 Å². The molecule has 29 heavy (non-hydrogen) atoms. The Balaban J connectivity index is 1.51. The summed E-state index contributed by atoms with van der Waals surface area (Å²) in [5.74, 6) is 8.39. The van der Waals surface area contributed by atoms with Gasteiger partial charge in [0.1, 0.15) is 5.75 Å². The lowest BCUT2D eigenvalue weighted by Crippen LogP contribution is -2.12. The van der Waals surface area contributed by atoms with Gasteiger partial charge in [0, 0.05) is 5.02 Å². The van der Waals surface area contributed by atoms with Crippen molar-refractivity contribution in [2.75, 3.05) is 13.0 Å². The van der Waals surface area contributed by atoms with Crippen LogP contribution in [0.3, 0.4) is 0 Å². The maximum absolute atomic E-state index is 6.19. The predicted molar refractivity (Wildman–Crippen MR) is 111 cm³/mol. The van der Waals surface area contributed by atoms with E-state index in [1.165, 1.54) is 16.4 Å². The number of nitrogen functional groups attached to an aromatic ring is 1. The van der Waals surface area contributed by atoms with Gasteiger partial charge in [0.05, 0.1) is 29.0 Å². The SMILES string of the molecule is COc1ccccc1-c1nnc(SCc2nnc(-c3ccc(Cl)cc3Cl)o2)n1N. The number of thioether (sulfide) groups is 1. The Bertz CT molecular complexity index is 1160. The molecular weight excluding hydrogens is 435 g/mol. The number of nitrogens with zero attached hydrogens (tertiary/aromatic N) is 5. The van der Waals surface area contributed by atoms with Gasteiger partial charge in [-0.1, -0.05) is 47.1 Å². The summed E-state index contributed by atoms with van der Waals surface area (Å²) in [6, 6.07) is 12.5. The Labute approximate surface area is 180 Å². The highest BCUT2D eigenvalue weighted by molar-refractivity contribution is 7.98. The van der Waals surface area contributed by atoms with E-state index in [-0.39, 0.29) is 0 Å². The molecule has 0 amide bonds. The molecule has 2 N–H and O–H groups in total. The van der Waals surface area contributed by atoms with Crippen molar-refractivity contribution < 1.29 is 9.15 Å². The number of hydrogen-bond donors (Lipinski definition) is 1. The highest BCUT2D eigenvalue weighted by Crippen LogP contribution is 2.32. The minimum Gasteiger partial charge on any atom is -0.496 e. The van der Waals surface area contributed by atoms with E-state index in [0.29, 0.717) is 49.9 Å². The van der Waals surface area contributed by atoms with E-state index >= 15 is 0 Å². The molecule has 2 aromatic heterocycles. The lowest BCUT2D eigenvalue weighted by atomic mass is 10.2. The summed E-state index contributed by atoms with van der Waals surface area (Å²) in [6.07, 6.45) is 0. The minimum absolute atomic E-state index is 0.311. The molecule has 0 saturated carbocycles. The predicted octanol–water partition coefficient (Wildman–Crippen LogP) is 4.32. The fourth-order valence-corrected chi connectivity index (χ4v) is 3.78. The molecule has 0 aliphatic rings. The zero-order valence-corrected chi connectivity index (χ0v) is 17.4. The van der Waals surface area contributed by atoms with Gasteiger partial charge in [0.2, 0.25) is 16.9 Å². The van der Waals surface area contributed by atoms with Crippen LogP contribution in [-0.4, -0.2) is 32.2 Å². The first-order valence-corrected chi connectivity index (χ1v) is 10.1. The molecule has 4 aromatic rings. The van der Waals surface area contributed by atoms with Gasteiger partial charge in [0.15, 0.2) is 5.82 Å². The molecule has 11 heteroatoms. The lowest BCUT2D eigenvalue weighted by molar-refractivity contribution is 0.416. The van der Waals surface area contributed by atoms with Gasteiger partial charge in [-0.2, -0.15) is 0 Å². The Hall–Kier alpha value is -2.75. The van der Waals surface area contributed by atoms with Crippen LogP contribution < -0.4 is 10.6 Å². The molecule has 0 aliphatic heterocycles. The number of hydrogen-bond acceptors (Lipinski definition) is 8. The van der Waals surface area contributed by atoms with Gasteiger partial charge in [-0.25, -0.2) is 4.68 Å². The summed E-state index contributed by atoms with van der Waals surface area (Å²) in [7, 11) is 1.59. The number of aromatic nitrogens is 5. The molecule has 0 unspecified atom stereocenters. The van der Waals surface area contributed by atoms with Crippen LogP contribution in [0.5, 0.6) is 5.75 Å². The average molecular weight is 449 g/mol. The largest absolute Gasteiger partial charge is 0.496 e. The molecule has 148 valence electrons. The van der Waals surface area contributed by atoms with Crippen molar-refractivity contribution in [3.63, 3.8) is 0 Å². The lowest BCUT2D eigenvalue weighted by Gasteiger charge is -2.07. The number of halogens is 2. The second kappa shape index (κ2) is 8.32. The van der Waals surface area contributed by atoms with Crippen molar-refractivity contribution in [2.24, 2.45) is 0 Å². The van der Waals surface area contributed by atoms with E-state index in [4.69, 9.17) is 38.2 Å². The third-order valence-electron chi connectivity index (χ3n) is 3.97. The third kappa shape index (κ3) is 4.02. The van der Waals surface area contributed by atoms with Crippen molar-refractivity contribution in [2.45, 2.75) is 10.9 Å². The average Bonchev–Trinajstić information content (AvgIpc) is 3.33. The normalized spacial score (nSPS) is 11.0. The molecule has 0 bridgehead atoms. The smallest absolute Gasteiger partial charge is 0.249 e. The standard InChI is InChI=1S/C18H14Cl2N6O2S/c1-27-14-5-3-2-4-12(14)16-23-25-18(26(16)21)29-9-15-22-24-17(28-15)11-7-6-10(19)8-13(11)20/h2-8H,9,21H2,1H3. The van der Waals surface area contributed by atoms with Crippen molar-refractivity contribution in [1.82, 2.24) is 25.1 Å². The highest BCUT2D eigenvalue weighted by Gasteiger charge is 2.17. The number of para-hydroxylation sites is 1. The van der Waals surface area contributed by atoms with E-state index in [9.17, 15) is 0 Å². The van der Waals surface area contributed by atoms with Crippen molar-refractivity contribution in [3.05, 3.63) is 58.4 Å². The zero-order valence-electron chi connectivity index (χ0n) is 15.0. The van der Waals surface area contributed by atoms with Crippen LogP contribution in [0, 0.1) is 0 Å². The Kier molecular flexibility index (Phi) is 5.61. The van der Waals surface area contributed by atoms with Gasteiger partial charge < -0.3 is 15.0 Å². The number of methoxy groups -OCH3 is 1. The molecule has 0 radical (unpaired) electrons. The summed E-state index contributed by atoms with van der Waals surface area (Å²) in [5, 5.41) is 17.9. The molecule has 0 fully saturated rings. The molecule has 0 spiro atoms. The van der Waals surface area contributed by atoms with Crippen molar-refractivity contribution in [1.29, 1.82) is 0 Å². The van der Waals surface area contributed by atoms with Crippen LogP contribution in [0.25, 0.3) is 22.8 Å². The van der Waals surface area contributed by atoms with Crippen LogP contribution in [0.15, 0.2) is 52.0 Å². The Morgan fingerprint density at radius 1 is 1.07 bits per heavy atom. The van der Waals surface area contributed by atoms with E-state index in [1.54, 1.807) is 25.3 Å². The van der Waals surface area contributed by atoms with E-state index in [0.717, 1.165) is 5.56 Å². The van der Waals surface area contributed by atoms with E-state index in [2.05, 4.69) is 20.4 Å². The third-order valence-corrected chi connectivity index (χ3v) is 5.44. The fourth-order valence-electron chi connectivity index (χ4n) is 2.60. The van der Waals surface area contributed by atoms with Crippen LogP contribution >= 0.6 is 35.0 Å². The van der Waals surface area contributed by atoms with E-state index in [1.807, 2.05) is 24.3 Å². The van der Waals surface area contributed by atoms with Gasteiger partial charge in [-0.15, -0.1) is 20.4 Å². The summed E-state index contributed by atoms with van der Waals surface area (Å²) in [5.41, 5.74) is 1.36. The van der Waals surface area contributed by atoms with Gasteiger partial charge >= 0.3 is 0 Å². The molecule has 4 rings (SSSR count). The molecule has 2 aromatic carbocycles. The fraction of sp³-hybridized carbons (Fsp3) is 0.111. The maximum atomic E-state index is 6.19. The summed E-state index contributed by atoms with van der Waals surface area (Å²) < 4.78 is 12.4. The second-order valence-corrected chi connectivity index (χ2v) is 7.58. The molecular formula is C18H14Cl2N6O2S. The first kappa shape index (κ1) is 19.6. The summed E-state index contributed by atoms with van der Waals surface area (Å²) >= 11 is 13.4. The number of rotatable bonds is 6. The number of nitrogens with two attached hydrogens (primary N) is 1. The van der Waals surface area contributed by atoms with Crippen molar-refractivity contribution >= 4 is 35.0 Å². The number of ether oxygens (including phenoxy) is 1. The summed E-state index contributed by atoms with van der Waals surface area (Å²) in [4.78, 5) is 0. The monoisotopic (exact) mass is 448 g/mol. The van der Waals surface area contributed by atoms with Gasteiger partial charge in [-0.05, 0) is 30.3 Å². The zero-order chi connectivity index (χ0) is 20.4. The van der Waals surface area contributed by atoms with E-state index < -0.39 is 0 Å².